The summed E-state index contributed by atoms with van der Waals surface area (Å²) in [6.45, 7) is 8.39. The molecular weight excluding hydrogens is 782 g/mol. The van der Waals surface area contributed by atoms with Crippen molar-refractivity contribution >= 4 is 58.8 Å². The minimum atomic E-state index is -0.00803. The number of hydrogen-bond acceptors (Lipinski definition) is 6. The molecule has 0 aliphatic carbocycles. The van der Waals surface area contributed by atoms with E-state index in [9.17, 15) is 19.8 Å². The third-order valence-electron chi connectivity index (χ3n) is 9.08. The maximum Gasteiger partial charge on any atom is 0.256 e. The molecule has 44 heavy (non-hydrogen) atoms. The van der Waals surface area contributed by atoms with E-state index in [1.807, 2.05) is 50.2 Å². The minimum absolute atomic E-state index is 0.00803. The highest BCUT2D eigenvalue weighted by molar-refractivity contribution is 15.0. The maximum absolute atomic E-state index is 12.2. The van der Waals surface area contributed by atoms with E-state index in [1.165, 1.54) is 0 Å². The Morgan fingerprint density at radius 3 is 1.50 bits per heavy atom. The van der Waals surface area contributed by atoms with E-state index in [0.29, 0.717) is 12.1 Å². The molecule has 4 aromatic rings. The van der Waals surface area contributed by atoms with Gasteiger partial charge in [0.05, 0.1) is 13.2 Å². The van der Waals surface area contributed by atoms with Gasteiger partial charge in [0.25, 0.3) is 11.1 Å². The second kappa shape index (κ2) is 17.2. The molecule has 2 saturated heterocycles. The first kappa shape index (κ1) is 35.0. The van der Waals surface area contributed by atoms with E-state index in [-0.39, 0.29) is 24.3 Å². The van der Waals surface area contributed by atoms with Gasteiger partial charge in [0.2, 0.25) is 0 Å². The number of nitrogens with one attached hydrogen (secondary N) is 2. The molecule has 2 aliphatic rings. The number of aliphatic hydroxyl groups excluding tert-OH is 2. The predicted molar refractivity (Wildman–Crippen MR) is 197 cm³/mol. The number of hydrogen-bond donors (Lipinski definition) is 4. The van der Waals surface area contributed by atoms with E-state index >= 15 is 0 Å². The molecule has 0 unspecified atom stereocenters. The lowest BCUT2D eigenvalue weighted by atomic mass is 10.1. The van der Waals surface area contributed by atoms with Crippen molar-refractivity contribution in [2.45, 2.75) is 64.5 Å². The Balaban J connectivity index is 0.000000190. The summed E-state index contributed by atoms with van der Waals surface area (Å²) in [4.78, 5) is 34.9. The van der Waals surface area contributed by atoms with Gasteiger partial charge in [0, 0.05) is 97.4 Å². The van der Waals surface area contributed by atoms with E-state index in [1.54, 1.807) is 0 Å². The number of aromatic amines is 2. The van der Waals surface area contributed by atoms with Gasteiger partial charge < -0.3 is 20.2 Å². The molecule has 4 heterocycles. The molecule has 8 nitrogen and oxygen atoms in total. The van der Waals surface area contributed by atoms with Gasteiger partial charge in [-0.3, -0.25) is 19.4 Å². The Morgan fingerprint density at radius 1 is 0.705 bits per heavy atom. The summed E-state index contributed by atoms with van der Waals surface area (Å²) in [5.74, 6) is 0. The maximum atomic E-state index is 12.2. The largest absolute Gasteiger partial charge is 0.395 e. The van der Waals surface area contributed by atoms with Crippen molar-refractivity contribution in [2.75, 3.05) is 39.4 Å². The van der Waals surface area contributed by atoms with Crippen molar-refractivity contribution in [1.29, 1.82) is 0 Å². The van der Waals surface area contributed by atoms with Crippen molar-refractivity contribution in [3.63, 3.8) is 0 Å². The Labute approximate surface area is 282 Å². The molecule has 0 amide bonds. The highest BCUT2D eigenvalue weighted by atomic mass is 128. The molecule has 0 bridgehead atoms. The number of halogens is 2. The van der Waals surface area contributed by atoms with Crippen molar-refractivity contribution < 1.29 is 10.2 Å². The Kier molecular flexibility index (Phi) is 13.7. The average molecular weight is 827 g/mol. The molecular formula is C34H44I2N4O4. The van der Waals surface area contributed by atoms with Crippen LogP contribution in [-0.2, 0) is 12.8 Å². The van der Waals surface area contributed by atoms with Crippen molar-refractivity contribution in [2.24, 2.45) is 0 Å². The summed E-state index contributed by atoms with van der Waals surface area (Å²) in [5.41, 5.74) is 4.21. The number of benzene rings is 2. The van der Waals surface area contributed by atoms with Gasteiger partial charge in [-0.25, -0.2) is 0 Å². The van der Waals surface area contributed by atoms with Gasteiger partial charge in [0.1, 0.15) is 0 Å². The minimum Gasteiger partial charge on any atom is -0.395 e. The number of H-pyrrole nitrogens is 2. The first-order valence-corrected chi connectivity index (χ1v) is 21.7. The van der Waals surface area contributed by atoms with Crippen LogP contribution < -0.4 is 11.1 Å². The van der Waals surface area contributed by atoms with Crippen LogP contribution in [0.5, 0.6) is 0 Å². The highest BCUT2D eigenvalue weighted by Crippen LogP contribution is 2.20. The molecule has 0 saturated carbocycles. The van der Waals surface area contributed by atoms with Crippen LogP contribution in [0.25, 0.3) is 21.5 Å². The quantitative estimate of drug-likeness (QED) is 0.176. The summed E-state index contributed by atoms with van der Waals surface area (Å²) in [6.07, 6.45) is 6.08. The molecule has 2 aromatic carbocycles. The molecule has 0 spiro atoms. The summed E-state index contributed by atoms with van der Waals surface area (Å²) in [5, 5.41) is 22.3. The average Bonchev–Trinajstić information content (AvgIpc) is 3.70. The van der Waals surface area contributed by atoms with Crippen molar-refractivity contribution in [3.8, 4) is 0 Å². The van der Waals surface area contributed by atoms with Crippen LogP contribution in [0.15, 0.2) is 58.1 Å². The third kappa shape index (κ3) is 8.69. The summed E-state index contributed by atoms with van der Waals surface area (Å²) in [6, 6.07) is 16.4. The van der Waals surface area contributed by atoms with Gasteiger partial charge in [0.15, 0.2) is 0 Å². The van der Waals surface area contributed by atoms with Gasteiger partial charge >= 0.3 is 0 Å². The SMILES string of the molecule is Cc1cccc2c(=O)[nH]c(CCN3CCC[C@@H]3CO)cc12.Cc1cccc2c(=O)[nH]c(CCN3CCC[C@@H]3CO)cc12.II. The standard InChI is InChI=1S/2C17H22N2O2.I2/c2*1-12-4-2-6-15-16(12)10-13(18-17(15)21)7-9-19-8-3-5-14(19)11-20;1-2/h2*2,4,6,10,14,20H,3,5,7-9,11H2,1H3,(H,18,21);/t2*14-;/m11./s1. The summed E-state index contributed by atoms with van der Waals surface area (Å²) < 4.78 is 0. The van der Waals surface area contributed by atoms with Crippen LogP contribution in [0.4, 0.5) is 0 Å². The second-order valence-electron chi connectivity index (χ2n) is 11.8. The molecule has 10 heteroatoms. The second-order valence-corrected chi connectivity index (χ2v) is 11.8. The third-order valence-corrected chi connectivity index (χ3v) is 9.08. The Bertz CT molecular complexity index is 1520. The number of aromatic nitrogens is 2. The van der Waals surface area contributed by atoms with Crippen molar-refractivity contribution in [3.05, 3.63) is 91.8 Å². The Hall–Kier alpha value is -1.84. The molecule has 2 aromatic heterocycles. The monoisotopic (exact) mass is 826 g/mol. The van der Waals surface area contributed by atoms with Crippen LogP contribution >= 0.6 is 37.2 Å². The number of nitrogens with zero attached hydrogens (tertiary/aromatic N) is 2. The van der Waals surface area contributed by atoms with Crippen LogP contribution in [0.3, 0.4) is 0 Å². The number of rotatable bonds is 8. The molecule has 2 aliphatic heterocycles. The summed E-state index contributed by atoms with van der Waals surface area (Å²) >= 11 is 4.24. The molecule has 4 N–H and O–H groups in total. The number of fused-ring (bicyclic) bond motifs is 2. The fraction of sp³-hybridized carbons (Fsp3) is 0.471. The lowest BCUT2D eigenvalue weighted by Gasteiger charge is -2.22. The van der Waals surface area contributed by atoms with Crippen LogP contribution in [0, 0.1) is 13.8 Å². The fourth-order valence-corrected chi connectivity index (χ4v) is 6.58. The highest BCUT2D eigenvalue weighted by Gasteiger charge is 2.24. The normalized spacial score (nSPS) is 18.7. The Morgan fingerprint density at radius 2 is 1.11 bits per heavy atom. The molecule has 238 valence electrons. The molecule has 2 atom stereocenters. The first-order valence-electron chi connectivity index (χ1n) is 15.4. The van der Waals surface area contributed by atoms with Crippen LogP contribution in [-0.4, -0.2) is 81.5 Å². The van der Waals surface area contributed by atoms with E-state index in [4.69, 9.17) is 0 Å². The zero-order chi connectivity index (χ0) is 31.6. The van der Waals surface area contributed by atoms with Gasteiger partial charge in [-0.15, -0.1) is 0 Å². The predicted octanol–water partition coefficient (Wildman–Crippen LogP) is 5.44. The summed E-state index contributed by atoms with van der Waals surface area (Å²) in [7, 11) is 0. The number of aryl methyl sites for hydroxylation is 2. The molecule has 0 radical (unpaired) electrons. The fourth-order valence-electron chi connectivity index (χ4n) is 6.58. The number of likely N-dealkylation sites (tertiary alicyclic amines) is 2. The molecule has 2 fully saturated rings. The number of aliphatic hydroxyl groups is 2. The van der Waals surface area contributed by atoms with E-state index in [0.717, 1.165) is 109 Å². The van der Waals surface area contributed by atoms with Gasteiger partial charge in [-0.05, 0) is 98.8 Å². The smallest absolute Gasteiger partial charge is 0.256 e. The lowest BCUT2D eigenvalue weighted by molar-refractivity contribution is 0.160. The lowest BCUT2D eigenvalue weighted by Crippen LogP contribution is -2.34. The van der Waals surface area contributed by atoms with Crippen molar-refractivity contribution in [1.82, 2.24) is 19.8 Å². The van der Waals surface area contributed by atoms with E-state index in [2.05, 4.69) is 69.1 Å². The zero-order valence-corrected chi connectivity index (χ0v) is 29.9. The first-order chi connectivity index (χ1) is 21.4. The van der Waals surface area contributed by atoms with E-state index < -0.39 is 0 Å². The van der Waals surface area contributed by atoms with Gasteiger partial charge in [-0.2, -0.15) is 0 Å². The number of pyridine rings is 2. The molecule has 6 rings (SSSR count). The van der Waals surface area contributed by atoms with Crippen LogP contribution in [0.2, 0.25) is 0 Å². The van der Waals surface area contributed by atoms with Crippen LogP contribution in [0.1, 0.15) is 48.2 Å². The topological polar surface area (TPSA) is 113 Å². The zero-order valence-electron chi connectivity index (χ0n) is 25.6. The van der Waals surface area contributed by atoms with Gasteiger partial charge in [-0.1, -0.05) is 24.3 Å².